The van der Waals surface area contributed by atoms with Gasteiger partial charge in [-0.3, -0.25) is 0 Å². The molecule has 0 saturated carbocycles. The molecule has 29 heavy (non-hydrogen) atoms. The Kier molecular flexibility index (Phi) is 5.30. The van der Waals surface area contributed by atoms with Crippen molar-refractivity contribution in [3.8, 4) is 11.5 Å². The summed E-state index contributed by atoms with van der Waals surface area (Å²) in [6, 6.07) is 15.0. The lowest BCUT2D eigenvalue weighted by Crippen LogP contribution is -2.09. The van der Waals surface area contributed by atoms with Gasteiger partial charge in [-0.2, -0.15) is 0 Å². The average molecular weight is 392 g/mol. The topological polar surface area (TPSA) is 43.5 Å². The Hall–Kier alpha value is -2.30. The van der Waals surface area contributed by atoms with Crippen LogP contribution in [0, 0.1) is 6.92 Å². The van der Waals surface area contributed by atoms with Gasteiger partial charge in [-0.05, 0) is 60.7 Å². The van der Waals surface area contributed by atoms with Crippen LogP contribution in [0.15, 0.2) is 54.6 Å². The van der Waals surface area contributed by atoms with Crippen molar-refractivity contribution < 1.29 is 18.9 Å². The molecule has 4 nitrogen and oxygen atoms in total. The van der Waals surface area contributed by atoms with E-state index in [4.69, 9.17) is 18.9 Å². The molecule has 0 amide bonds. The van der Waals surface area contributed by atoms with E-state index >= 15 is 0 Å². The van der Waals surface area contributed by atoms with Crippen molar-refractivity contribution >= 4 is 0 Å². The fourth-order valence-corrected chi connectivity index (χ4v) is 4.03. The summed E-state index contributed by atoms with van der Waals surface area (Å²) in [6.07, 6.45) is 7.66. The van der Waals surface area contributed by atoms with Crippen LogP contribution < -0.4 is 9.47 Å². The van der Waals surface area contributed by atoms with Crippen LogP contribution in [0.1, 0.15) is 41.4 Å². The van der Waals surface area contributed by atoms with E-state index in [-0.39, 0.29) is 0 Å². The van der Waals surface area contributed by atoms with E-state index in [9.17, 15) is 0 Å². The second kappa shape index (κ2) is 8.21. The van der Waals surface area contributed by atoms with E-state index in [1.807, 2.05) is 0 Å². The summed E-state index contributed by atoms with van der Waals surface area (Å²) < 4.78 is 22.0. The van der Waals surface area contributed by atoms with Crippen LogP contribution in [0.5, 0.6) is 11.5 Å². The standard InChI is InChI=1S/C25H28O4/c1-17-12-22(27-14-24-16-29-24)10-11-25(17)20-4-2-18(3-5-20)19-6-8-21(9-7-19)26-13-23-15-28-23/h2,4,6-12,18,20,23-24H,3,5,13-16H2,1H3. The van der Waals surface area contributed by atoms with Gasteiger partial charge >= 0.3 is 0 Å². The summed E-state index contributed by atoms with van der Waals surface area (Å²) in [6.45, 7) is 5.15. The van der Waals surface area contributed by atoms with Crippen molar-refractivity contribution in [2.45, 2.75) is 43.8 Å². The number of rotatable bonds is 8. The Labute approximate surface area is 172 Å². The van der Waals surface area contributed by atoms with Crippen LogP contribution in [0.3, 0.4) is 0 Å². The molecule has 2 aromatic carbocycles. The summed E-state index contributed by atoms with van der Waals surface area (Å²) in [5.74, 6) is 2.82. The van der Waals surface area contributed by atoms with Gasteiger partial charge in [-0.1, -0.05) is 30.4 Å². The Bertz CT molecular complexity index is 865. The number of hydrogen-bond acceptors (Lipinski definition) is 4. The van der Waals surface area contributed by atoms with E-state index in [0.717, 1.165) is 37.6 Å². The fraction of sp³-hybridized carbons (Fsp3) is 0.440. The summed E-state index contributed by atoms with van der Waals surface area (Å²) >= 11 is 0. The third kappa shape index (κ3) is 4.82. The van der Waals surface area contributed by atoms with Crippen molar-refractivity contribution in [2.75, 3.05) is 26.4 Å². The molecule has 152 valence electrons. The molecule has 2 heterocycles. The Morgan fingerprint density at radius 1 is 0.793 bits per heavy atom. The lowest BCUT2D eigenvalue weighted by atomic mass is 9.80. The maximum absolute atomic E-state index is 5.81. The number of ether oxygens (including phenoxy) is 4. The first-order chi connectivity index (χ1) is 14.2. The second-order valence-electron chi connectivity index (χ2n) is 8.30. The highest BCUT2D eigenvalue weighted by atomic mass is 16.6. The van der Waals surface area contributed by atoms with Crippen LogP contribution in [0.4, 0.5) is 0 Å². The molecule has 2 aromatic rings. The molecule has 0 bridgehead atoms. The summed E-state index contributed by atoms with van der Waals surface area (Å²) in [7, 11) is 0. The van der Waals surface area contributed by atoms with E-state index < -0.39 is 0 Å². The molecule has 2 saturated heterocycles. The molecule has 3 aliphatic rings. The van der Waals surface area contributed by atoms with E-state index in [2.05, 4.69) is 61.5 Å². The normalized spacial score (nSPS) is 27.5. The predicted octanol–water partition coefficient (Wildman–Crippen LogP) is 4.77. The zero-order valence-electron chi connectivity index (χ0n) is 16.9. The second-order valence-corrected chi connectivity index (χ2v) is 8.30. The minimum atomic E-state index is 0.293. The van der Waals surface area contributed by atoms with Crippen LogP contribution in [0.25, 0.3) is 0 Å². The minimum absolute atomic E-state index is 0.293. The average Bonchev–Trinajstić information content (AvgIpc) is 3.67. The zero-order chi connectivity index (χ0) is 19.6. The molecule has 0 radical (unpaired) electrons. The van der Waals surface area contributed by atoms with Crippen molar-refractivity contribution in [1.29, 1.82) is 0 Å². The molecule has 2 aliphatic heterocycles. The molecule has 0 N–H and O–H groups in total. The van der Waals surface area contributed by atoms with Gasteiger partial charge in [0.05, 0.1) is 13.2 Å². The van der Waals surface area contributed by atoms with Crippen LogP contribution in [0.2, 0.25) is 0 Å². The molecule has 4 unspecified atom stereocenters. The fourth-order valence-electron chi connectivity index (χ4n) is 4.03. The molecule has 4 atom stereocenters. The zero-order valence-corrected chi connectivity index (χ0v) is 16.9. The van der Waals surface area contributed by atoms with Crippen molar-refractivity contribution in [2.24, 2.45) is 0 Å². The predicted molar refractivity (Wildman–Crippen MR) is 112 cm³/mol. The quantitative estimate of drug-likeness (QED) is 0.480. The van der Waals surface area contributed by atoms with Crippen LogP contribution in [-0.2, 0) is 9.47 Å². The van der Waals surface area contributed by atoms with Gasteiger partial charge in [0.15, 0.2) is 0 Å². The van der Waals surface area contributed by atoms with Gasteiger partial charge in [0.1, 0.15) is 36.9 Å². The first kappa shape index (κ1) is 18.7. The highest BCUT2D eigenvalue weighted by molar-refractivity contribution is 5.40. The largest absolute Gasteiger partial charge is 0.491 e. The van der Waals surface area contributed by atoms with Gasteiger partial charge in [0.25, 0.3) is 0 Å². The molecule has 2 fully saturated rings. The van der Waals surface area contributed by atoms with Crippen molar-refractivity contribution in [3.63, 3.8) is 0 Å². The number of allylic oxidation sites excluding steroid dienone is 2. The SMILES string of the molecule is Cc1cc(OCC2CO2)ccc1C1C=CC(c2ccc(OCC3CO3)cc2)CC1. The van der Waals surface area contributed by atoms with E-state index in [0.29, 0.717) is 37.3 Å². The van der Waals surface area contributed by atoms with E-state index in [1.165, 1.54) is 16.7 Å². The smallest absolute Gasteiger partial charge is 0.119 e. The van der Waals surface area contributed by atoms with E-state index in [1.54, 1.807) is 0 Å². The molecule has 1 aliphatic carbocycles. The molecule has 5 rings (SSSR count). The molecular weight excluding hydrogens is 364 g/mol. The van der Waals surface area contributed by atoms with Crippen LogP contribution in [-0.4, -0.2) is 38.6 Å². The van der Waals surface area contributed by atoms with Gasteiger partial charge in [-0.25, -0.2) is 0 Å². The highest BCUT2D eigenvalue weighted by Gasteiger charge is 2.24. The monoisotopic (exact) mass is 392 g/mol. The van der Waals surface area contributed by atoms with Crippen LogP contribution >= 0.6 is 0 Å². The number of benzene rings is 2. The van der Waals surface area contributed by atoms with Crippen molar-refractivity contribution in [1.82, 2.24) is 0 Å². The first-order valence-corrected chi connectivity index (χ1v) is 10.6. The minimum Gasteiger partial charge on any atom is -0.491 e. The third-order valence-electron chi connectivity index (χ3n) is 5.99. The van der Waals surface area contributed by atoms with Gasteiger partial charge in [-0.15, -0.1) is 0 Å². The maximum Gasteiger partial charge on any atom is 0.119 e. The lowest BCUT2D eigenvalue weighted by Gasteiger charge is -2.25. The number of epoxide rings is 2. The first-order valence-electron chi connectivity index (χ1n) is 10.6. The summed E-state index contributed by atoms with van der Waals surface area (Å²) in [5, 5.41) is 0. The van der Waals surface area contributed by atoms with Gasteiger partial charge < -0.3 is 18.9 Å². The molecule has 4 heteroatoms. The molecule has 0 spiro atoms. The summed E-state index contributed by atoms with van der Waals surface area (Å²) in [4.78, 5) is 0. The number of aryl methyl sites for hydroxylation is 1. The molecular formula is C25H28O4. The van der Waals surface area contributed by atoms with Gasteiger partial charge in [0, 0.05) is 11.8 Å². The highest BCUT2D eigenvalue weighted by Crippen LogP contribution is 2.37. The number of hydrogen-bond donors (Lipinski definition) is 0. The molecule has 0 aromatic heterocycles. The third-order valence-corrected chi connectivity index (χ3v) is 5.99. The van der Waals surface area contributed by atoms with Gasteiger partial charge in [0.2, 0.25) is 0 Å². The summed E-state index contributed by atoms with van der Waals surface area (Å²) in [5.41, 5.74) is 4.06. The Morgan fingerprint density at radius 3 is 1.97 bits per heavy atom. The van der Waals surface area contributed by atoms with Crippen molar-refractivity contribution in [3.05, 3.63) is 71.3 Å². The lowest BCUT2D eigenvalue weighted by molar-refractivity contribution is 0.263. The Morgan fingerprint density at radius 2 is 1.38 bits per heavy atom. The Balaban J connectivity index is 1.19. The maximum atomic E-state index is 5.81.